The van der Waals surface area contributed by atoms with Crippen LogP contribution in [-0.2, 0) is 19.4 Å². The highest BCUT2D eigenvalue weighted by Gasteiger charge is 2.25. The molecule has 0 spiro atoms. The van der Waals surface area contributed by atoms with Gasteiger partial charge in [0.15, 0.2) is 0 Å². The molecule has 16 heavy (non-hydrogen) atoms. The molecule has 6 nitrogen and oxygen atoms in total. The minimum absolute atomic E-state index is 0.270. The molecular weight excluding hydrogens is 234 g/mol. The van der Waals surface area contributed by atoms with E-state index in [1.54, 1.807) is 0 Å². The van der Waals surface area contributed by atoms with Gasteiger partial charge in [0, 0.05) is 25.9 Å². The van der Waals surface area contributed by atoms with Crippen LogP contribution < -0.4 is 0 Å². The summed E-state index contributed by atoms with van der Waals surface area (Å²) in [6.45, 7) is 2.74. The van der Waals surface area contributed by atoms with Gasteiger partial charge in [-0.05, 0) is 0 Å². The van der Waals surface area contributed by atoms with Crippen LogP contribution >= 0.6 is 0 Å². The lowest BCUT2D eigenvalue weighted by molar-refractivity contribution is -0.142. The van der Waals surface area contributed by atoms with E-state index in [1.807, 2.05) is 4.90 Å². The fourth-order valence-corrected chi connectivity index (χ4v) is 2.64. The lowest BCUT2D eigenvalue weighted by Crippen LogP contribution is -2.42. The van der Waals surface area contributed by atoms with Crippen LogP contribution in [0.5, 0.6) is 0 Å². The van der Waals surface area contributed by atoms with E-state index in [0.717, 1.165) is 6.26 Å². The van der Waals surface area contributed by atoms with Crippen molar-refractivity contribution in [1.29, 1.82) is 0 Å². The van der Waals surface area contributed by atoms with Crippen molar-refractivity contribution in [3.63, 3.8) is 0 Å². The molecule has 7 heteroatoms. The Morgan fingerprint density at radius 1 is 1.44 bits per heavy atom. The van der Waals surface area contributed by atoms with E-state index in [2.05, 4.69) is 0 Å². The number of carboxylic acids is 1. The van der Waals surface area contributed by atoms with Crippen molar-refractivity contribution in [2.24, 2.45) is 5.92 Å². The Bertz CT molecular complexity index is 334. The first-order valence-electron chi connectivity index (χ1n) is 5.09. The van der Waals surface area contributed by atoms with Crippen molar-refractivity contribution in [3.8, 4) is 0 Å². The summed E-state index contributed by atoms with van der Waals surface area (Å²) in [5.74, 6) is -2.22. The number of carboxylic acid groups (broad SMARTS) is 1. The van der Waals surface area contributed by atoms with Gasteiger partial charge in [-0.3, -0.25) is 9.69 Å². The van der Waals surface area contributed by atoms with Gasteiger partial charge in [-0.2, -0.15) is 0 Å². The number of rotatable bonds is 5. The average molecular weight is 251 g/mol. The third kappa shape index (κ3) is 4.91. The summed E-state index contributed by atoms with van der Waals surface area (Å²) in [5, 5.41) is 8.94. The molecular formula is C9H17NO5S. The summed E-state index contributed by atoms with van der Waals surface area (Å²) in [5.41, 5.74) is 0. The fraction of sp³-hybridized carbons (Fsp3) is 0.889. The van der Waals surface area contributed by atoms with Crippen molar-refractivity contribution in [2.75, 3.05) is 44.9 Å². The van der Waals surface area contributed by atoms with Crippen molar-refractivity contribution in [2.45, 2.75) is 0 Å². The Morgan fingerprint density at radius 3 is 2.44 bits per heavy atom. The van der Waals surface area contributed by atoms with Crippen molar-refractivity contribution in [3.05, 3.63) is 0 Å². The maximum atomic E-state index is 11.1. The van der Waals surface area contributed by atoms with Crippen molar-refractivity contribution >= 4 is 15.8 Å². The van der Waals surface area contributed by atoms with Crippen LogP contribution in [0, 0.1) is 5.92 Å². The number of aliphatic carboxylic acids is 1. The number of sulfone groups is 1. The first-order chi connectivity index (χ1) is 7.38. The molecule has 1 atom stereocenters. The van der Waals surface area contributed by atoms with E-state index >= 15 is 0 Å². The van der Waals surface area contributed by atoms with E-state index < -0.39 is 21.7 Å². The number of hydrogen-bond acceptors (Lipinski definition) is 5. The Labute approximate surface area is 95.1 Å². The Balaban J connectivity index is 2.53. The number of morpholine rings is 1. The van der Waals surface area contributed by atoms with Gasteiger partial charge >= 0.3 is 5.97 Å². The Morgan fingerprint density at radius 2 is 2.00 bits per heavy atom. The second-order valence-corrected chi connectivity index (χ2v) is 6.23. The first kappa shape index (κ1) is 13.4. The van der Waals surface area contributed by atoms with E-state index in [4.69, 9.17) is 9.84 Å². The highest BCUT2D eigenvalue weighted by Crippen LogP contribution is 2.07. The summed E-state index contributed by atoms with van der Waals surface area (Å²) < 4.78 is 27.3. The van der Waals surface area contributed by atoms with E-state index in [9.17, 15) is 13.2 Å². The van der Waals surface area contributed by atoms with Crippen LogP contribution in [-0.4, -0.2) is 69.3 Å². The third-order valence-electron chi connectivity index (χ3n) is 2.44. The van der Waals surface area contributed by atoms with Gasteiger partial charge in [0.25, 0.3) is 0 Å². The zero-order chi connectivity index (χ0) is 12.2. The molecule has 0 aromatic carbocycles. The zero-order valence-electron chi connectivity index (χ0n) is 9.26. The topological polar surface area (TPSA) is 83.9 Å². The molecule has 0 saturated carbocycles. The molecule has 1 N–H and O–H groups in total. The summed E-state index contributed by atoms with van der Waals surface area (Å²) in [4.78, 5) is 12.9. The van der Waals surface area contributed by atoms with Gasteiger partial charge < -0.3 is 9.84 Å². The lowest BCUT2D eigenvalue weighted by atomic mass is 10.1. The quantitative estimate of drug-likeness (QED) is 0.679. The monoisotopic (exact) mass is 251 g/mol. The van der Waals surface area contributed by atoms with Gasteiger partial charge in [0.2, 0.25) is 0 Å². The summed E-state index contributed by atoms with van der Waals surface area (Å²) in [6, 6.07) is 0. The van der Waals surface area contributed by atoms with Gasteiger partial charge in [0.1, 0.15) is 9.84 Å². The van der Waals surface area contributed by atoms with E-state index in [0.29, 0.717) is 26.3 Å². The number of hydrogen-bond donors (Lipinski definition) is 1. The van der Waals surface area contributed by atoms with Crippen LogP contribution in [0.15, 0.2) is 0 Å². The maximum absolute atomic E-state index is 11.1. The largest absolute Gasteiger partial charge is 0.481 e. The molecule has 0 radical (unpaired) electrons. The second-order valence-electron chi connectivity index (χ2n) is 4.04. The average Bonchev–Trinajstić information content (AvgIpc) is 2.16. The van der Waals surface area contributed by atoms with Crippen LogP contribution in [0.1, 0.15) is 0 Å². The smallest absolute Gasteiger partial charge is 0.308 e. The Hall–Kier alpha value is -0.660. The first-order valence-corrected chi connectivity index (χ1v) is 7.15. The highest BCUT2D eigenvalue weighted by atomic mass is 32.2. The molecule has 1 fully saturated rings. The maximum Gasteiger partial charge on any atom is 0.308 e. The summed E-state index contributed by atoms with van der Waals surface area (Å²) in [7, 11) is -3.26. The second kappa shape index (κ2) is 5.60. The van der Waals surface area contributed by atoms with Gasteiger partial charge in [-0.25, -0.2) is 8.42 Å². The van der Waals surface area contributed by atoms with Gasteiger partial charge in [0.05, 0.1) is 24.9 Å². The number of carbonyl (C=O) groups is 1. The van der Waals surface area contributed by atoms with Crippen LogP contribution in [0.4, 0.5) is 0 Å². The molecule has 0 aliphatic carbocycles. The van der Waals surface area contributed by atoms with Crippen LogP contribution in [0.3, 0.4) is 0 Å². The molecule has 1 aliphatic rings. The molecule has 0 aromatic rings. The zero-order valence-corrected chi connectivity index (χ0v) is 10.1. The van der Waals surface area contributed by atoms with E-state index in [1.165, 1.54) is 0 Å². The molecule has 94 valence electrons. The number of ether oxygens (including phenoxy) is 1. The molecule has 1 unspecified atom stereocenters. The molecule has 0 aromatic heterocycles. The molecule has 1 rings (SSSR count). The van der Waals surface area contributed by atoms with Crippen molar-refractivity contribution in [1.82, 2.24) is 4.90 Å². The minimum Gasteiger partial charge on any atom is -0.481 e. The predicted octanol–water partition coefficient (Wildman–Crippen LogP) is -0.936. The molecule has 0 amide bonds. The molecule has 1 saturated heterocycles. The van der Waals surface area contributed by atoms with Crippen LogP contribution in [0.25, 0.3) is 0 Å². The Kier molecular flexibility index (Phi) is 4.69. The van der Waals surface area contributed by atoms with Gasteiger partial charge in [-0.1, -0.05) is 0 Å². The normalized spacial score (nSPS) is 20.6. The lowest BCUT2D eigenvalue weighted by Gasteiger charge is -2.28. The predicted molar refractivity (Wildman–Crippen MR) is 58.1 cm³/mol. The molecule has 0 bridgehead atoms. The fourth-order valence-electron chi connectivity index (χ4n) is 1.66. The minimum atomic E-state index is -3.26. The van der Waals surface area contributed by atoms with Gasteiger partial charge in [-0.15, -0.1) is 0 Å². The summed E-state index contributed by atoms with van der Waals surface area (Å²) in [6.07, 6.45) is 1.06. The molecule has 1 aliphatic heterocycles. The van der Waals surface area contributed by atoms with E-state index in [-0.39, 0.29) is 12.3 Å². The van der Waals surface area contributed by atoms with Crippen molar-refractivity contribution < 1.29 is 23.1 Å². The highest BCUT2D eigenvalue weighted by molar-refractivity contribution is 7.90. The molecule has 1 heterocycles. The number of nitrogens with zero attached hydrogens (tertiary/aromatic N) is 1. The summed E-state index contributed by atoms with van der Waals surface area (Å²) >= 11 is 0. The SMILES string of the molecule is CS(=O)(=O)CC(CN1CCOCC1)C(=O)O. The van der Waals surface area contributed by atoms with Crippen LogP contribution in [0.2, 0.25) is 0 Å². The third-order valence-corrected chi connectivity index (χ3v) is 3.44. The standard InChI is InChI=1S/C9H17NO5S/c1-16(13,14)7-8(9(11)12)6-10-2-4-15-5-3-10/h8H,2-7H2,1H3,(H,11,12).